The van der Waals surface area contributed by atoms with Crippen molar-refractivity contribution in [1.29, 1.82) is 0 Å². The van der Waals surface area contributed by atoms with E-state index in [1.165, 1.54) is 6.42 Å². The maximum absolute atomic E-state index is 11.6. The number of piperidine rings is 2. The number of likely N-dealkylation sites (tertiary alicyclic amines) is 1. The highest BCUT2D eigenvalue weighted by molar-refractivity contribution is 5.77. The first-order chi connectivity index (χ1) is 6.38. The Labute approximate surface area is 79.5 Å². The first-order valence-electron chi connectivity index (χ1n) is 5.30. The van der Waals surface area contributed by atoms with E-state index in [4.69, 9.17) is 0 Å². The summed E-state index contributed by atoms with van der Waals surface area (Å²) in [5, 5.41) is 4.31. The lowest BCUT2D eigenvalue weighted by Crippen LogP contribution is -2.46. The molecule has 0 saturated carbocycles. The number of nitrogens with zero attached hydrogens (tertiary/aromatic N) is 2. The number of rotatable bonds is 1. The summed E-state index contributed by atoms with van der Waals surface area (Å²) in [6.45, 7) is 2.90. The lowest BCUT2D eigenvalue weighted by atomic mass is 10.0. The molecule has 0 aliphatic carbocycles. The second-order valence-corrected chi connectivity index (χ2v) is 3.95. The molecule has 0 bridgehead atoms. The molecular weight excluding hydrogens is 164 g/mol. The number of amides is 1. The van der Waals surface area contributed by atoms with Gasteiger partial charge in [0.15, 0.2) is 0 Å². The fourth-order valence-electron chi connectivity index (χ4n) is 2.26. The molecule has 2 aliphatic rings. The van der Waals surface area contributed by atoms with Crippen LogP contribution in [-0.4, -0.2) is 36.5 Å². The highest BCUT2D eigenvalue weighted by Crippen LogP contribution is 2.19. The van der Waals surface area contributed by atoms with Crippen molar-refractivity contribution in [2.24, 2.45) is 0 Å². The van der Waals surface area contributed by atoms with Gasteiger partial charge in [0.25, 0.3) is 0 Å². The molecule has 2 fully saturated rings. The van der Waals surface area contributed by atoms with E-state index in [9.17, 15) is 4.79 Å². The summed E-state index contributed by atoms with van der Waals surface area (Å²) < 4.78 is 0. The average Bonchev–Trinajstić information content (AvgIpc) is 2.20. The van der Waals surface area contributed by atoms with Gasteiger partial charge in [-0.1, -0.05) is 0 Å². The molecule has 0 aromatic rings. The molecule has 2 heterocycles. The molecule has 0 unspecified atom stereocenters. The van der Waals surface area contributed by atoms with Crippen molar-refractivity contribution in [1.82, 2.24) is 10.2 Å². The molecule has 1 radical (unpaired) electrons. The molecule has 13 heavy (non-hydrogen) atoms. The topological polar surface area (TPSA) is 34.4 Å². The van der Waals surface area contributed by atoms with Gasteiger partial charge in [-0.2, -0.15) is 0 Å². The van der Waals surface area contributed by atoms with Crippen LogP contribution in [0.25, 0.3) is 0 Å². The van der Waals surface area contributed by atoms with Gasteiger partial charge >= 0.3 is 0 Å². The molecule has 2 saturated heterocycles. The van der Waals surface area contributed by atoms with E-state index in [0.29, 0.717) is 11.9 Å². The first-order valence-corrected chi connectivity index (χ1v) is 5.30. The summed E-state index contributed by atoms with van der Waals surface area (Å²) in [5.74, 6) is 0.373. The Morgan fingerprint density at radius 3 is 2.69 bits per heavy atom. The van der Waals surface area contributed by atoms with Gasteiger partial charge in [-0.15, -0.1) is 0 Å². The Morgan fingerprint density at radius 1 is 1.23 bits per heavy atom. The van der Waals surface area contributed by atoms with Crippen LogP contribution in [0.1, 0.15) is 32.1 Å². The summed E-state index contributed by atoms with van der Waals surface area (Å²) in [7, 11) is 0. The van der Waals surface area contributed by atoms with Gasteiger partial charge < -0.3 is 4.90 Å². The van der Waals surface area contributed by atoms with Crippen molar-refractivity contribution in [2.45, 2.75) is 38.1 Å². The van der Waals surface area contributed by atoms with Crippen LogP contribution in [-0.2, 0) is 4.79 Å². The zero-order valence-corrected chi connectivity index (χ0v) is 8.04. The lowest BCUT2D eigenvalue weighted by molar-refractivity contribution is -0.136. The van der Waals surface area contributed by atoms with Gasteiger partial charge in [0, 0.05) is 32.1 Å². The maximum Gasteiger partial charge on any atom is 0.222 e. The zero-order chi connectivity index (χ0) is 9.10. The number of carbonyl (C=O) groups excluding carboxylic acids is 1. The van der Waals surface area contributed by atoms with Gasteiger partial charge in [-0.05, 0) is 25.7 Å². The lowest BCUT2D eigenvalue weighted by Gasteiger charge is -2.36. The normalized spacial score (nSPS) is 26.5. The van der Waals surface area contributed by atoms with E-state index in [2.05, 4.69) is 10.2 Å². The largest absolute Gasteiger partial charge is 0.340 e. The highest BCUT2D eigenvalue weighted by Gasteiger charge is 2.26. The van der Waals surface area contributed by atoms with Crippen molar-refractivity contribution in [3.05, 3.63) is 0 Å². The second-order valence-electron chi connectivity index (χ2n) is 3.95. The molecule has 2 rings (SSSR count). The van der Waals surface area contributed by atoms with Crippen LogP contribution < -0.4 is 5.32 Å². The van der Waals surface area contributed by atoms with Gasteiger partial charge in [0.2, 0.25) is 5.91 Å². The Balaban J connectivity index is 1.92. The van der Waals surface area contributed by atoms with Crippen LogP contribution in [0.4, 0.5) is 0 Å². The molecule has 0 aromatic heterocycles. The molecule has 2 aliphatic heterocycles. The van der Waals surface area contributed by atoms with E-state index in [1.807, 2.05) is 0 Å². The van der Waals surface area contributed by atoms with E-state index < -0.39 is 0 Å². The van der Waals surface area contributed by atoms with E-state index >= 15 is 0 Å². The molecular formula is C10H17N2O. The van der Waals surface area contributed by atoms with Crippen LogP contribution in [0.3, 0.4) is 0 Å². The Bertz CT molecular complexity index is 187. The van der Waals surface area contributed by atoms with Gasteiger partial charge in [-0.25, -0.2) is 5.32 Å². The average molecular weight is 181 g/mol. The van der Waals surface area contributed by atoms with Crippen molar-refractivity contribution in [3.63, 3.8) is 0 Å². The highest BCUT2D eigenvalue weighted by atomic mass is 16.2. The molecule has 0 N–H and O–H groups in total. The van der Waals surface area contributed by atoms with Gasteiger partial charge in [0.1, 0.15) is 0 Å². The third-order valence-corrected chi connectivity index (χ3v) is 3.04. The van der Waals surface area contributed by atoms with Crippen molar-refractivity contribution in [2.75, 3.05) is 19.6 Å². The Kier molecular flexibility index (Phi) is 2.83. The molecule has 0 spiro atoms. The maximum atomic E-state index is 11.6. The molecule has 1 amide bonds. The Hall–Kier alpha value is -0.570. The molecule has 0 aromatic carbocycles. The van der Waals surface area contributed by atoms with E-state index in [-0.39, 0.29) is 0 Å². The summed E-state index contributed by atoms with van der Waals surface area (Å²) in [4.78, 5) is 13.7. The quantitative estimate of drug-likeness (QED) is 0.588. The van der Waals surface area contributed by atoms with Crippen LogP contribution in [0.5, 0.6) is 0 Å². The van der Waals surface area contributed by atoms with Crippen molar-refractivity contribution in [3.8, 4) is 0 Å². The molecule has 3 nitrogen and oxygen atoms in total. The number of hydrogen-bond acceptors (Lipinski definition) is 1. The molecule has 3 heteroatoms. The minimum absolute atomic E-state index is 0.373. The van der Waals surface area contributed by atoms with Gasteiger partial charge in [0.05, 0.1) is 0 Å². The molecule has 0 atom stereocenters. The van der Waals surface area contributed by atoms with Crippen LogP contribution in [0.2, 0.25) is 0 Å². The second kappa shape index (κ2) is 4.09. The number of hydrogen-bond donors (Lipinski definition) is 0. The summed E-state index contributed by atoms with van der Waals surface area (Å²) in [6.07, 6.45) is 5.23. The van der Waals surface area contributed by atoms with Crippen LogP contribution in [0.15, 0.2) is 0 Å². The minimum atomic E-state index is 0.373. The number of carbonyl (C=O) groups is 1. The minimum Gasteiger partial charge on any atom is -0.340 e. The molecule has 73 valence electrons. The third-order valence-electron chi connectivity index (χ3n) is 3.04. The first kappa shape index (κ1) is 9.00. The fourth-order valence-corrected chi connectivity index (χ4v) is 2.26. The predicted octanol–water partition coefficient (Wildman–Crippen LogP) is 0.766. The Morgan fingerprint density at radius 2 is 2.00 bits per heavy atom. The summed E-state index contributed by atoms with van der Waals surface area (Å²) >= 11 is 0. The standard InChI is InChI=1S/C10H17N2O/c13-10-3-1-2-8-12(10)9-4-6-11-7-5-9/h9H,1-8H2. The third kappa shape index (κ3) is 2.02. The fraction of sp³-hybridized carbons (Fsp3) is 0.900. The predicted molar refractivity (Wildman–Crippen MR) is 50.5 cm³/mol. The van der Waals surface area contributed by atoms with Crippen molar-refractivity contribution < 1.29 is 4.79 Å². The van der Waals surface area contributed by atoms with Crippen LogP contribution >= 0.6 is 0 Å². The van der Waals surface area contributed by atoms with Crippen molar-refractivity contribution >= 4 is 5.91 Å². The zero-order valence-electron chi connectivity index (χ0n) is 8.04. The summed E-state index contributed by atoms with van der Waals surface area (Å²) in [6, 6.07) is 0.505. The van der Waals surface area contributed by atoms with E-state index in [1.54, 1.807) is 0 Å². The summed E-state index contributed by atoms with van der Waals surface area (Å²) in [5.41, 5.74) is 0. The smallest absolute Gasteiger partial charge is 0.222 e. The van der Waals surface area contributed by atoms with E-state index in [0.717, 1.165) is 45.3 Å². The van der Waals surface area contributed by atoms with Gasteiger partial charge in [-0.3, -0.25) is 4.79 Å². The monoisotopic (exact) mass is 181 g/mol. The van der Waals surface area contributed by atoms with Crippen LogP contribution in [0, 0.1) is 0 Å². The SMILES string of the molecule is O=C1CCCCN1C1CC[N]CC1.